The molecule has 0 bridgehead atoms. The molecule has 0 spiro atoms. The molecule has 2 aliphatic heterocycles. The van der Waals surface area contributed by atoms with Crippen molar-refractivity contribution in [3.05, 3.63) is 108 Å². The Balaban J connectivity index is 1.74. The molecule has 0 N–H and O–H groups in total. The van der Waals surface area contributed by atoms with Crippen molar-refractivity contribution in [1.29, 1.82) is 0 Å². The first-order valence-electron chi connectivity index (χ1n) is 12.4. The molecule has 0 radical (unpaired) electrons. The number of ether oxygens (including phenoxy) is 1. The summed E-state index contributed by atoms with van der Waals surface area (Å²) in [4.78, 5) is 29.3. The van der Waals surface area contributed by atoms with E-state index in [1.165, 1.54) is 4.90 Å². The standard InChI is InChI=1S/C30H30F2N2O3/c1-28(2,3)37-27(36)33-20-29(31,32)26-24(33)19-25(35)34(26)30(21-13-7-4-8-14-21,22-15-9-5-10-16-22)23-17-11-6-12-18-23/h4-18,24,26H,19-20H2,1-3H3/t24-,26+/m0/s1. The van der Waals surface area contributed by atoms with Gasteiger partial charge in [0.15, 0.2) is 0 Å². The van der Waals surface area contributed by atoms with Crippen molar-refractivity contribution in [2.45, 2.75) is 56.3 Å². The van der Waals surface area contributed by atoms with Crippen LogP contribution in [0, 0.1) is 0 Å². The molecule has 7 heteroatoms. The maximum absolute atomic E-state index is 16.0. The highest BCUT2D eigenvalue weighted by Crippen LogP contribution is 2.52. The highest BCUT2D eigenvalue weighted by atomic mass is 19.3. The van der Waals surface area contributed by atoms with Crippen LogP contribution in [0.4, 0.5) is 13.6 Å². The summed E-state index contributed by atoms with van der Waals surface area (Å²) >= 11 is 0. The summed E-state index contributed by atoms with van der Waals surface area (Å²) in [5, 5.41) is 0. The molecule has 0 aliphatic carbocycles. The quantitative estimate of drug-likeness (QED) is 0.420. The first kappa shape index (κ1) is 24.9. The molecule has 2 saturated heterocycles. The second kappa shape index (κ2) is 8.98. The fraction of sp³-hybridized carbons (Fsp3) is 0.333. The number of carbonyl (C=O) groups excluding carboxylic acids is 2. The first-order valence-corrected chi connectivity index (χ1v) is 12.4. The molecule has 2 amide bonds. The number of rotatable bonds is 4. The van der Waals surface area contributed by atoms with Crippen molar-refractivity contribution in [1.82, 2.24) is 9.80 Å². The van der Waals surface area contributed by atoms with Crippen molar-refractivity contribution in [3.63, 3.8) is 0 Å². The summed E-state index contributed by atoms with van der Waals surface area (Å²) in [5.41, 5.74) is -0.129. The Morgan fingerprint density at radius 3 is 1.68 bits per heavy atom. The molecule has 3 aromatic rings. The van der Waals surface area contributed by atoms with E-state index < -0.39 is 47.7 Å². The molecule has 2 heterocycles. The van der Waals surface area contributed by atoms with Crippen molar-refractivity contribution in [3.8, 4) is 0 Å². The number of carbonyl (C=O) groups is 2. The fourth-order valence-electron chi connectivity index (χ4n) is 5.78. The Labute approximate surface area is 215 Å². The van der Waals surface area contributed by atoms with Crippen LogP contribution in [0.2, 0.25) is 0 Å². The SMILES string of the molecule is CC(C)(C)OC(=O)N1CC(F)(F)[C@H]2[C@@H]1CC(=O)N2C(c1ccccc1)(c1ccccc1)c1ccccc1. The highest BCUT2D eigenvalue weighted by Gasteiger charge is 2.68. The van der Waals surface area contributed by atoms with E-state index in [9.17, 15) is 9.59 Å². The zero-order valence-electron chi connectivity index (χ0n) is 21.1. The molecule has 0 unspecified atom stereocenters. The van der Waals surface area contributed by atoms with Gasteiger partial charge in [0, 0.05) is 6.42 Å². The summed E-state index contributed by atoms with van der Waals surface area (Å²) < 4.78 is 37.5. The Morgan fingerprint density at radius 1 is 0.838 bits per heavy atom. The zero-order valence-corrected chi connectivity index (χ0v) is 21.1. The summed E-state index contributed by atoms with van der Waals surface area (Å²) in [6, 6.07) is 25.2. The second-order valence-electron chi connectivity index (χ2n) is 10.7. The van der Waals surface area contributed by atoms with Crippen molar-refractivity contribution >= 4 is 12.0 Å². The molecule has 2 atom stereocenters. The maximum Gasteiger partial charge on any atom is 0.410 e. The Hall–Kier alpha value is -3.74. The maximum atomic E-state index is 16.0. The number of nitrogens with zero attached hydrogens (tertiary/aromatic N) is 2. The van der Waals surface area contributed by atoms with Crippen LogP contribution in [0.5, 0.6) is 0 Å². The third kappa shape index (κ3) is 4.16. The van der Waals surface area contributed by atoms with Gasteiger partial charge in [-0.05, 0) is 37.5 Å². The molecule has 37 heavy (non-hydrogen) atoms. The topological polar surface area (TPSA) is 49.9 Å². The Kier molecular flexibility index (Phi) is 6.05. The molecule has 3 aromatic carbocycles. The van der Waals surface area contributed by atoms with E-state index in [1.807, 2.05) is 91.0 Å². The van der Waals surface area contributed by atoms with Crippen LogP contribution in [-0.4, -0.2) is 52.0 Å². The van der Waals surface area contributed by atoms with Gasteiger partial charge < -0.3 is 9.64 Å². The van der Waals surface area contributed by atoms with Crippen LogP contribution in [0.1, 0.15) is 43.9 Å². The minimum atomic E-state index is -3.35. The number of benzene rings is 3. The van der Waals surface area contributed by atoms with Crippen molar-refractivity contribution < 1.29 is 23.1 Å². The van der Waals surface area contributed by atoms with E-state index in [-0.39, 0.29) is 6.42 Å². The van der Waals surface area contributed by atoms with Crippen LogP contribution >= 0.6 is 0 Å². The van der Waals surface area contributed by atoms with E-state index in [4.69, 9.17) is 4.74 Å². The Morgan fingerprint density at radius 2 is 1.27 bits per heavy atom. The van der Waals surface area contributed by atoms with Crippen molar-refractivity contribution in [2.24, 2.45) is 0 Å². The van der Waals surface area contributed by atoms with E-state index in [2.05, 4.69) is 0 Å². The van der Waals surface area contributed by atoms with Crippen molar-refractivity contribution in [2.75, 3.05) is 6.54 Å². The average molecular weight is 505 g/mol. The summed E-state index contributed by atoms with van der Waals surface area (Å²) in [7, 11) is 0. The predicted octanol–water partition coefficient (Wildman–Crippen LogP) is 5.83. The normalized spacial score (nSPS) is 21.2. The molecular weight excluding hydrogens is 474 g/mol. The van der Waals surface area contributed by atoms with Gasteiger partial charge in [-0.25, -0.2) is 13.6 Å². The smallest absolute Gasteiger partial charge is 0.410 e. The molecule has 0 saturated carbocycles. The molecule has 2 aliphatic rings. The van der Waals surface area contributed by atoms with Crippen LogP contribution in [-0.2, 0) is 15.1 Å². The van der Waals surface area contributed by atoms with Crippen LogP contribution < -0.4 is 0 Å². The number of likely N-dealkylation sites (tertiary alicyclic amines) is 2. The minimum absolute atomic E-state index is 0.215. The third-order valence-electron chi connectivity index (χ3n) is 7.07. The number of hydrogen-bond acceptors (Lipinski definition) is 3. The van der Waals surface area contributed by atoms with E-state index in [1.54, 1.807) is 20.8 Å². The van der Waals surface area contributed by atoms with Gasteiger partial charge in [0.05, 0.1) is 12.6 Å². The minimum Gasteiger partial charge on any atom is -0.444 e. The molecular formula is C30H30F2N2O3. The van der Waals surface area contributed by atoms with Crippen LogP contribution in [0.3, 0.4) is 0 Å². The van der Waals surface area contributed by atoms with Gasteiger partial charge in [0.2, 0.25) is 5.91 Å². The van der Waals surface area contributed by atoms with Gasteiger partial charge in [-0.1, -0.05) is 91.0 Å². The highest BCUT2D eigenvalue weighted by molar-refractivity contribution is 5.85. The predicted molar refractivity (Wildman–Crippen MR) is 136 cm³/mol. The van der Waals surface area contributed by atoms with E-state index >= 15 is 8.78 Å². The molecule has 5 rings (SSSR count). The largest absolute Gasteiger partial charge is 0.444 e. The summed E-state index contributed by atoms with van der Waals surface area (Å²) in [6.07, 6.45) is -1.05. The first-order chi connectivity index (χ1) is 17.6. The number of halogens is 2. The van der Waals surface area contributed by atoms with Gasteiger partial charge in [0.25, 0.3) is 5.92 Å². The van der Waals surface area contributed by atoms with E-state index in [0.717, 1.165) is 4.90 Å². The number of hydrogen-bond donors (Lipinski definition) is 0. The van der Waals surface area contributed by atoms with Crippen LogP contribution in [0.25, 0.3) is 0 Å². The van der Waals surface area contributed by atoms with Crippen LogP contribution in [0.15, 0.2) is 91.0 Å². The molecule has 5 nitrogen and oxygen atoms in total. The lowest BCUT2D eigenvalue weighted by atomic mass is 9.75. The number of alkyl halides is 2. The lowest BCUT2D eigenvalue weighted by Crippen LogP contribution is -2.58. The Bertz CT molecular complexity index is 1180. The monoisotopic (exact) mass is 504 g/mol. The number of amides is 2. The fourth-order valence-corrected chi connectivity index (χ4v) is 5.78. The van der Waals surface area contributed by atoms with Gasteiger partial charge in [0.1, 0.15) is 17.2 Å². The van der Waals surface area contributed by atoms with Gasteiger partial charge in [-0.2, -0.15) is 0 Å². The third-order valence-corrected chi connectivity index (χ3v) is 7.07. The molecule has 2 fully saturated rings. The van der Waals surface area contributed by atoms with Gasteiger partial charge in [-0.3, -0.25) is 9.69 Å². The van der Waals surface area contributed by atoms with Gasteiger partial charge in [-0.15, -0.1) is 0 Å². The number of fused-ring (bicyclic) bond motifs is 1. The summed E-state index contributed by atoms with van der Waals surface area (Å²) in [5.74, 6) is -3.79. The second-order valence-corrected chi connectivity index (χ2v) is 10.7. The summed E-state index contributed by atoms with van der Waals surface area (Å²) in [6.45, 7) is 4.26. The lowest BCUT2D eigenvalue weighted by molar-refractivity contribution is -0.141. The average Bonchev–Trinajstić information content (AvgIpc) is 3.34. The lowest BCUT2D eigenvalue weighted by Gasteiger charge is -2.47. The zero-order chi connectivity index (χ0) is 26.4. The molecule has 192 valence electrons. The van der Waals surface area contributed by atoms with Gasteiger partial charge >= 0.3 is 6.09 Å². The molecule has 0 aromatic heterocycles. The van der Waals surface area contributed by atoms with E-state index in [0.29, 0.717) is 16.7 Å².